The number of carbonyl (C=O) groups is 1. The Kier molecular flexibility index (Phi) is 3.44. The molecular formula is C12H23NO2. The zero-order valence-electron chi connectivity index (χ0n) is 10.3. The number of rotatable bonds is 3. The molecule has 3 heteroatoms. The summed E-state index contributed by atoms with van der Waals surface area (Å²) in [6, 6.07) is 0. The average molecular weight is 213 g/mol. The van der Waals surface area contributed by atoms with Gasteiger partial charge >= 0.3 is 5.97 Å². The fourth-order valence-electron chi connectivity index (χ4n) is 2.42. The van der Waals surface area contributed by atoms with Crippen LogP contribution in [0.4, 0.5) is 0 Å². The van der Waals surface area contributed by atoms with E-state index in [0.29, 0.717) is 17.9 Å². The Balaban J connectivity index is 2.38. The van der Waals surface area contributed by atoms with E-state index in [0.717, 1.165) is 19.3 Å². The Labute approximate surface area is 92.4 Å². The Bertz CT molecular complexity index is 236. The van der Waals surface area contributed by atoms with E-state index in [1.165, 1.54) is 0 Å². The van der Waals surface area contributed by atoms with Crippen LogP contribution in [-0.4, -0.2) is 18.1 Å². The molecule has 0 amide bonds. The van der Waals surface area contributed by atoms with Crippen LogP contribution in [-0.2, 0) is 9.53 Å². The second-order valence-corrected chi connectivity index (χ2v) is 5.92. The summed E-state index contributed by atoms with van der Waals surface area (Å²) in [5.74, 6) is 0.356. The van der Waals surface area contributed by atoms with Crippen LogP contribution in [0.15, 0.2) is 0 Å². The number of carbonyl (C=O) groups excluding carboxylic acids is 1. The van der Waals surface area contributed by atoms with Crippen molar-refractivity contribution in [2.75, 3.05) is 6.61 Å². The summed E-state index contributed by atoms with van der Waals surface area (Å²) in [5.41, 5.74) is 5.60. The molecule has 0 saturated heterocycles. The zero-order valence-corrected chi connectivity index (χ0v) is 10.3. The van der Waals surface area contributed by atoms with Gasteiger partial charge in [0.1, 0.15) is 5.54 Å². The van der Waals surface area contributed by atoms with Gasteiger partial charge in [-0.2, -0.15) is 0 Å². The van der Waals surface area contributed by atoms with Gasteiger partial charge in [-0.05, 0) is 37.5 Å². The molecule has 2 N–H and O–H groups in total. The van der Waals surface area contributed by atoms with Gasteiger partial charge in [0, 0.05) is 0 Å². The van der Waals surface area contributed by atoms with Gasteiger partial charge in [0.05, 0.1) is 6.61 Å². The highest BCUT2D eigenvalue weighted by atomic mass is 16.5. The molecule has 0 unspecified atom stereocenters. The zero-order chi connectivity index (χ0) is 11.7. The predicted molar refractivity (Wildman–Crippen MR) is 60.3 cm³/mol. The van der Waals surface area contributed by atoms with Crippen LogP contribution in [0.2, 0.25) is 0 Å². The molecule has 3 nitrogen and oxygen atoms in total. The van der Waals surface area contributed by atoms with Crippen molar-refractivity contribution in [1.82, 2.24) is 0 Å². The summed E-state index contributed by atoms with van der Waals surface area (Å²) in [4.78, 5) is 11.5. The molecule has 0 heterocycles. The minimum absolute atomic E-state index is 0.227. The Morgan fingerprint density at radius 3 is 2.40 bits per heavy atom. The van der Waals surface area contributed by atoms with Crippen molar-refractivity contribution in [3.63, 3.8) is 0 Å². The highest BCUT2D eigenvalue weighted by Gasteiger charge is 2.48. The summed E-state index contributed by atoms with van der Waals surface area (Å²) in [5, 5.41) is 0. The Morgan fingerprint density at radius 1 is 1.47 bits per heavy atom. The SMILES string of the molecule is CCOC(=O)C1(N)CC(CC(C)(C)C)C1. The van der Waals surface area contributed by atoms with Crippen LogP contribution in [0.5, 0.6) is 0 Å². The molecule has 88 valence electrons. The molecule has 15 heavy (non-hydrogen) atoms. The van der Waals surface area contributed by atoms with Crippen molar-refractivity contribution in [3.05, 3.63) is 0 Å². The topological polar surface area (TPSA) is 52.3 Å². The quantitative estimate of drug-likeness (QED) is 0.730. The molecule has 0 atom stereocenters. The van der Waals surface area contributed by atoms with Gasteiger partial charge in [-0.1, -0.05) is 20.8 Å². The highest BCUT2D eigenvalue weighted by molar-refractivity contribution is 5.81. The molecule has 0 aliphatic heterocycles. The van der Waals surface area contributed by atoms with Crippen molar-refractivity contribution in [2.45, 2.75) is 52.5 Å². The third-order valence-corrected chi connectivity index (χ3v) is 2.89. The highest BCUT2D eigenvalue weighted by Crippen LogP contribution is 2.43. The van der Waals surface area contributed by atoms with Crippen LogP contribution in [0.1, 0.15) is 47.0 Å². The minimum Gasteiger partial charge on any atom is -0.465 e. The maximum atomic E-state index is 11.5. The smallest absolute Gasteiger partial charge is 0.326 e. The van der Waals surface area contributed by atoms with Gasteiger partial charge in [0.25, 0.3) is 0 Å². The lowest BCUT2D eigenvalue weighted by atomic mass is 9.64. The van der Waals surface area contributed by atoms with Crippen molar-refractivity contribution in [3.8, 4) is 0 Å². The summed E-state index contributed by atoms with van der Waals surface area (Å²) in [6.45, 7) is 8.88. The predicted octanol–water partition coefficient (Wildman–Crippen LogP) is 2.09. The summed E-state index contributed by atoms with van der Waals surface area (Å²) < 4.78 is 4.96. The fourth-order valence-corrected chi connectivity index (χ4v) is 2.42. The van der Waals surface area contributed by atoms with Crippen molar-refractivity contribution >= 4 is 5.97 Å². The summed E-state index contributed by atoms with van der Waals surface area (Å²) >= 11 is 0. The molecule has 0 spiro atoms. The Morgan fingerprint density at radius 2 is 2.00 bits per heavy atom. The number of ether oxygens (including phenoxy) is 1. The van der Waals surface area contributed by atoms with E-state index in [9.17, 15) is 4.79 Å². The van der Waals surface area contributed by atoms with Crippen LogP contribution >= 0.6 is 0 Å². The second-order valence-electron chi connectivity index (χ2n) is 5.92. The average Bonchev–Trinajstić information content (AvgIpc) is 1.98. The number of hydrogen-bond donors (Lipinski definition) is 1. The molecule has 0 aromatic heterocycles. The summed E-state index contributed by atoms with van der Waals surface area (Å²) in [6.07, 6.45) is 2.69. The monoisotopic (exact) mass is 213 g/mol. The van der Waals surface area contributed by atoms with E-state index in [1.807, 2.05) is 6.92 Å². The molecular weight excluding hydrogens is 190 g/mol. The van der Waals surface area contributed by atoms with Crippen molar-refractivity contribution in [1.29, 1.82) is 0 Å². The van der Waals surface area contributed by atoms with E-state index in [2.05, 4.69) is 20.8 Å². The van der Waals surface area contributed by atoms with E-state index in [1.54, 1.807) is 0 Å². The van der Waals surface area contributed by atoms with E-state index >= 15 is 0 Å². The van der Waals surface area contributed by atoms with E-state index < -0.39 is 5.54 Å². The summed E-state index contributed by atoms with van der Waals surface area (Å²) in [7, 11) is 0. The van der Waals surface area contributed by atoms with Crippen molar-refractivity contribution in [2.24, 2.45) is 17.1 Å². The molecule has 1 aliphatic rings. The lowest BCUT2D eigenvalue weighted by molar-refractivity contribution is -0.155. The fraction of sp³-hybridized carbons (Fsp3) is 0.917. The maximum Gasteiger partial charge on any atom is 0.326 e. The van der Waals surface area contributed by atoms with Gasteiger partial charge in [0.15, 0.2) is 0 Å². The molecule has 0 aromatic carbocycles. The first-order valence-electron chi connectivity index (χ1n) is 5.73. The van der Waals surface area contributed by atoms with Gasteiger partial charge in [0.2, 0.25) is 0 Å². The lowest BCUT2D eigenvalue weighted by Gasteiger charge is -2.44. The number of nitrogens with two attached hydrogens (primary N) is 1. The third-order valence-electron chi connectivity index (χ3n) is 2.89. The number of hydrogen-bond acceptors (Lipinski definition) is 3. The van der Waals surface area contributed by atoms with Crippen LogP contribution in [0.25, 0.3) is 0 Å². The van der Waals surface area contributed by atoms with E-state index in [4.69, 9.17) is 10.5 Å². The van der Waals surface area contributed by atoms with Gasteiger partial charge in [-0.3, -0.25) is 4.79 Å². The van der Waals surface area contributed by atoms with Crippen LogP contribution in [0, 0.1) is 11.3 Å². The molecule has 1 aliphatic carbocycles. The standard InChI is InChI=1S/C12H23NO2/c1-5-15-10(14)12(13)7-9(8-12)6-11(2,3)4/h9H,5-8,13H2,1-4H3. The van der Waals surface area contributed by atoms with Gasteiger partial charge in [-0.15, -0.1) is 0 Å². The molecule has 0 bridgehead atoms. The molecule has 1 saturated carbocycles. The van der Waals surface area contributed by atoms with Gasteiger partial charge in [-0.25, -0.2) is 0 Å². The number of esters is 1. The normalized spacial score (nSPS) is 30.9. The first kappa shape index (κ1) is 12.5. The van der Waals surface area contributed by atoms with Gasteiger partial charge < -0.3 is 10.5 Å². The van der Waals surface area contributed by atoms with Crippen LogP contribution in [0.3, 0.4) is 0 Å². The van der Waals surface area contributed by atoms with E-state index in [-0.39, 0.29) is 5.97 Å². The Hall–Kier alpha value is -0.570. The lowest BCUT2D eigenvalue weighted by Crippen LogP contribution is -2.59. The second kappa shape index (κ2) is 4.12. The molecule has 0 radical (unpaired) electrons. The molecule has 1 fully saturated rings. The van der Waals surface area contributed by atoms with Crippen LogP contribution < -0.4 is 5.73 Å². The maximum absolute atomic E-state index is 11.5. The third kappa shape index (κ3) is 3.20. The first-order chi connectivity index (χ1) is 6.77. The molecule has 1 rings (SSSR count). The first-order valence-corrected chi connectivity index (χ1v) is 5.73. The minimum atomic E-state index is -0.689. The van der Waals surface area contributed by atoms with Crippen molar-refractivity contribution < 1.29 is 9.53 Å². The largest absolute Gasteiger partial charge is 0.465 e. The molecule has 0 aromatic rings.